The Morgan fingerprint density at radius 2 is 2.29 bits per heavy atom. The Bertz CT molecular complexity index is 429. The minimum atomic E-state index is -2.73. The molecule has 1 aromatic heterocycles. The molecule has 7 heteroatoms. The van der Waals surface area contributed by atoms with Gasteiger partial charge < -0.3 is 4.74 Å². The summed E-state index contributed by atoms with van der Waals surface area (Å²) in [4.78, 5) is 15.2. The summed E-state index contributed by atoms with van der Waals surface area (Å²) < 4.78 is 29.9. The number of hydrogen-bond donors (Lipinski definition) is 0. The van der Waals surface area contributed by atoms with Crippen LogP contribution in [-0.4, -0.2) is 17.6 Å². The topological polar surface area (TPSA) is 39.2 Å². The molecule has 0 fully saturated rings. The van der Waals surface area contributed by atoms with Crippen molar-refractivity contribution in [2.75, 3.05) is 6.61 Å². The number of rotatable bonds is 4. The maximum absolute atomic E-state index is 12.6. The fraction of sp³-hybridized carbons (Fsp3) is 0.400. The third-order valence-corrected chi connectivity index (χ3v) is 2.84. The van der Waals surface area contributed by atoms with E-state index < -0.39 is 18.0 Å². The van der Waals surface area contributed by atoms with Crippen LogP contribution in [0, 0.1) is 0 Å². The Kier molecular flexibility index (Phi) is 5.27. The smallest absolute Gasteiger partial charge is 0.357 e. The average molecular weight is 329 g/mol. The van der Waals surface area contributed by atoms with Gasteiger partial charge in [0, 0.05) is 5.33 Å². The van der Waals surface area contributed by atoms with E-state index in [9.17, 15) is 13.6 Å². The summed E-state index contributed by atoms with van der Waals surface area (Å²) >= 11 is 8.68. The molecule has 94 valence electrons. The quantitative estimate of drug-likeness (QED) is 0.480. The van der Waals surface area contributed by atoms with Gasteiger partial charge in [-0.3, -0.25) is 0 Å². The summed E-state index contributed by atoms with van der Waals surface area (Å²) in [6.07, 6.45) is -2.73. The van der Waals surface area contributed by atoms with Crippen LogP contribution in [0.4, 0.5) is 8.78 Å². The average Bonchev–Trinajstić information content (AvgIpc) is 2.28. The van der Waals surface area contributed by atoms with E-state index in [2.05, 4.69) is 20.9 Å². The first-order chi connectivity index (χ1) is 8.01. The summed E-state index contributed by atoms with van der Waals surface area (Å²) in [5.74, 6) is -0.676. The molecular formula is C10H9BrClF2NO2. The van der Waals surface area contributed by atoms with Crippen LogP contribution in [0.5, 0.6) is 0 Å². The molecule has 0 radical (unpaired) electrons. The zero-order valence-corrected chi connectivity index (χ0v) is 11.2. The molecule has 0 aliphatic heterocycles. The number of carbonyl (C=O) groups is 1. The van der Waals surface area contributed by atoms with Crippen molar-refractivity contribution >= 4 is 33.5 Å². The van der Waals surface area contributed by atoms with Gasteiger partial charge in [-0.2, -0.15) is 0 Å². The van der Waals surface area contributed by atoms with Gasteiger partial charge in [0.2, 0.25) is 0 Å². The van der Waals surface area contributed by atoms with E-state index in [1.54, 1.807) is 6.92 Å². The lowest BCUT2D eigenvalue weighted by Gasteiger charge is -2.09. The minimum absolute atomic E-state index is 0.0434. The lowest BCUT2D eigenvalue weighted by Crippen LogP contribution is -2.11. The van der Waals surface area contributed by atoms with Gasteiger partial charge in [-0.25, -0.2) is 18.6 Å². The van der Waals surface area contributed by atoms with Crippen molar-refractivity contribution in [3.63, 3.8) is 0 Å². The van der Waals surface area contributed by atoms with Gasteiger partial charge in [0.15, 0.2) is 5.69 Å². The highest BCUT2D eigenvalue weighted by Crippen LogP contribution is 2.28. The van der Waals surface area contributed by atoms with Crippen molar-refractivity contribution in [3.8, 4) is 0 Å². The first kappa shape index (κ1) is 14.3. The van der Waals surface area contributed by atoms with Crippen molar-refractivity contribution in [2.24, 2.45) is 0 Å². The Morgan fingerprint density at radius 1 is 1.65 bits per heavy atom. The largest absolute Gasteiger partial charge is 0.461 e. The highest BCUT2D eigenvalue weighted by Gasteiger charge is 2.21. The molecule has 0 bridgehead atoms. The second-order valence-electron chi connectivity index (χ2n) is 3.03. The third-order valence-electron chi connectivity index (χ3n) is 1.93. The molecule has 0 aliphatic carbocycles. The van der Waals surface area contributed by atoms with E-state index in [0.717, 1.165) is 6.07 Å². The zero-order chi connectivity index (χ0) is 13.0. The molecule has 0 N–H and O–H groups in total. The first-order valence-corrected chi connectivity index (χ1v) is 6.21. The molecule has 0 atom stereocenters. The monoisotopic (exact) mass is 327 g/mol. The number of alkyl halides is 3. The van der Waals surface area contributed by atoms with Crippen LogP contribution in [0.25, 0.3) is 0 Å². The maximum atomic E-state index is 12.6. The molecule has 1 rings (SSSR count). The minimum Gasteiger partial charge on any atom is -0.461 e. The number of carbonyl (C=O) groups excluding carboxylic acids is 1. The highest BCUT2D eigenvalue weighted by atomic mass is 79.9. The van der Waals surface area contributed by atoms with E-state index in [1.165, 1.54) is 0 Å². The predicted molar refractivity (Wildman–Crippen MR) is 62.8 cm³/mol. The van der Waals surface area contributed by atoms with Crippen molar-refractivity contribution < 1.29 is 18.3 Å². The molecule has 3 nitrogen and oxygen atoms in total. The lowest BCUT2D eigenvalue weighted by molar-refractivity contribution is 0.0518. The van der Waals surface area contributed by atoms with Gasteiger partial charge in [0.25, 0.3) is 6.43 Å². The van der Waals surface area contributed by atoms with Crippen LogP contribution in [0.2, 0.25) is 5.15 Å². The van der Waals surface area contributed by atoms with Crippen LogP contribution in [-0.2, 0) is 10.1 Å². The Balaban J connectivity index is 3.23. The first-order valence-electron chi connectivity index (χ1n) is 4.71. The maximum Gasteiger partial charge on any atom is 0.357 e. The van der Waals surface area contributed by atoms with Gasteiger partial charge in [-0.15, -0.1) is 0 Å². The van der Waals surface area contributed by atoms with Crippen molar-refractivity contribution in [2.45, 2.75) is 18.7 Å². The number of esters is 1. The van der Waals surface area contributed by atoms with Crippen molar-refractivity contribution in [1.29, 1.82) is 0 Å². The fourth-order valence-electron chi connectivity index (χ4n) is 1.18. The molecule has 0 spiro atoms. The van der Waals surface area contributed by atoms with E-state index in [1.807, 2.05) is 0 Å². The lowest BCUT2D eigenvalue weighted by atomic mass is 10.1. The normalized spacial score (nSPS) is 10.7. The number of pyridine rings is 1. The number of aromatic nitrogens is 1. The zero-order valence-electron chi connectivity index (χ0n) is 8.84. The van der Waals surface area contributed by atoms with Crippen molar-refractivity contribution in [3.05, 3.63) is 28.0 Å². The standard InChI is InChI=1S/C10H9BrClF2NO2/c1-2-17-10(16)7-5(4-11)3-6(9(13)14)8(12)15-7/h3,9H,2,4H2,1H3. The van der Waals surface area contributed by atoms with Gasteiger partial charge in [0.05, 0.1) is 12.2 Å². The van der Waals surface area contributed by atoms with E-state index in [0.29, 0.717) is 5.56 Å². The van der Waals surface area contributed by atoms with E-state index in [4.69, 9.17) is 16.3 Å². The number of hydrogen-bond acceptors (Lipinski definition) is 3. The Morgan fingerprint density at radius 3 is 2.76 bits per heavy atom. The third kappa shape index (κ3) is 3.35. The van der Waals surface area contributed by atoms with Crippen LogP contribution < -0.4 is 0 Å². The van der Waals surface area contributed by atoms with E-state index >= 15 is 0 Å². The molecule has 1 heterocycles. The molecule has 0 saturated carbocycles. The summed E-state index contributed by atoms with van der Waals surface area (Å²) in [6.45, 7) is 1.82. The SMILES string of the molecule is CCOC(=O)c1nc(Cl)c(C(F)F)cc1CBr. The molecule has 0 saturated heterocycles. The highest BCUT2D eigenvalue weighted by molar-refractivity contribution is 9.08. The summed E-state index contributed by atoms with van der Waals surface area (Å²) in [7, 11) is 0. The van der Waals surface area contributed by atoms with Crippen molar-refractivity contribution in [1.82, 2.24) is 4.98 Å². The van der Waals surface area contributed by atoms with Gasteiger partial charge in [0.1, 0.15) is 5.15 Å². The summed E-state index contributed by atoms with van der Waals surface area (Å²) in [5.41, 5.74) is -0.115. The Hall–Kier alpha value is -0.750. The second-order valence-corrected chi connectivity index (χ2v) is 3.95. The van der Waals surface area contributed by atoms with Crippen LogP contribution in [0.1, 0.15) is 35.0 Å². The summed E-state index contributed by atoms with van der Waals surface area (Å²) in [5, 5.41) is -0.168. The fourth-order valence-corrected chi connectivity index (χ4v) is 1.83. The van der Waals surface area contributed by atoms with Gasteiger partial charge in [-0.05, 0) is 18.6 Å². The van der Waals surface area contributed by atoms with Crippen LogP contribution >= 0.6 is 27.5 Å². The summed E-state index contributed by atoms with van der Waals surface area (Å²) in [6, 6.07) is 1.15. The molecule has 17 heavy (non-hydrogen) atoms. The van der Waals surface area contributed by atoms with Gasteiger partial charge in [-0.1, -0.05) is 27.5 Å². The van der Waals surface area contributed by atoms with E-state index in [-0.39, 0.29) is 22.8 Å². The number of halogens is 4. The number of nitrogens with zero attached hydrogens (tertiary/aromatic N) is 1. The Labute approximate surface area is 110 Å². The van der Waals surface area contributed by atoms with Gasteiger partial charge >= 0.3 is 5.97 Å². The molecule has 0 amide bonds. The molecule has 1 aromatic rings. The second kappa shape index (κ2) is 6.26. The molecule has 0 unspecified atom stereocenters. The van der Waals surface area contributed by atoms with Crippen LogP contribution in [0.3, 0.4) is 0 Å². The molecule has 0 aromatic carbocycles. The van der Waals surface area contributed by atoms with Crippen LogP contribution in [0.15, 0.2) is 6.07 Å². The number of ether oxygens (including phenoxy) is 1. The molecular weight excluding hydrogens is 319 g/mol. The predicted octanol–water partition coefficient (Wildman–Crippen LogP) is 3.74. The molecule has 0 aliphatic rings.